The molecule has 3 amide bonds. The van der Waals surface area contributed by atoms with Gasteiger partial charge in [0.25, 0.3) is 5.69 Å². The van der Waals surface area contributed by atoms with Crippen molar-refractivity contribution in [1.82, 2.24) is 4.90 Å². The fourth-order valence-electron chi connectivity index (χ4n) is 7.10. The van der Waals surface area contributed by atoms with Gasteiger partial charge in [-0.2, -0.15) is 0 Å². The van der Waals surface area contributed by atoms with Gasteiger partial charge >= 0.3 is 6.03 Å². The summed E-state index contributed by atoms with van der Waals surface area (Å²) in [4.78, 5) is 66.2. The van der Waals surface area contributed by atoms with Gasteiger partial charge in [-0.3, -0.25) is 24.5 Å². The Morgan fingerprint density at radius 2 is 1.72 bits per heavy atom. The van der Waals surface area contributed by atoms with E-state index in [0.717, 1.165) is 0 Å². The first kappa shape index (κ1) is 32.3. The number of phenolic OH excluding ortho intramolecular Hbond substituents is 1. The lowest BCUT2D eigenvalue weighted by Crippen LogP contribution is -2.73. The highest BCUT2D eigenvalue weighted by atomic mass is 16.6. The molecule has 2 aromatic carbocycles. The van der Waals surface area contributed by atoms with Crippen LogP contribution in [0, 0.1) is 27.9 Å². The lowest BCUT2D eigenvalue weighted by atomic mass is 9.54. The van der Waals surface area contributed by atoms with E-state index < -0.39 is 75.4 Å². The molecule has 0 saturated heterocycles. The molecule has 3 aliphatic rings. The topological polar surface area (TPSA) is 249 Å². The number of aromatic hydroxyl groups is 1. The van der Waals surface area contributed by atoms with Crippen LogP contribution in [0.2, 0.25) is 0 Å². The van der Waals surface area contributed by atoms with Crippen LogP contribution in [0.25, 0.3) is 5.76 Å². The number of non-ortho nitro benzene ring substituents is 1. The molecule has 6 atom stereocenters. The van der Waals surface area contributed by atoms with Gasteiger partial charge in [0.2, 0.25) is 11.7 Å². The standard InChI is InChI=1S/C30H34N6O10/c1-34(2)18-11-17(33-29(43)32-13-5-7-14(8-6-13)36(45)46)23(37)20-15(18)9-12-10-16-22(35(3)4)25(39)21(28(31)42)27(41)30(16,44)26(40)19(12)24(20)38/h5-8,11-12,16,21-22,25,37-39,44H,9-10H2,1-4H3,(H2,31,42)(H2,32,33,43)/t12-,16-,21?,22-,25?,30-/m1/s1. The number of nitrogens with two attached hydrogens (primary N) is 1. The predicted molar refractivity (Wildman–Crippen MR) is 164 cm³/mol. The minimum absolute atomic E-state index is 0.0382. The number of ketones is 2. The van der Waals surface area contributed by atoms with Gasteiger partial charge in [-0.15, -0.1) is 0 Å². The van der Waals surface area contributed by atoms with Gasteiger partial charge in [-0.1, -0.05) is 0 Å². The molecular weight excluding hydrogens is 604 g/mol. The van der Waals surface area contributed by atoms with E-state index in [2.05, 4.69) is 10.6 Å². The minimum Gasteiger partial charge on any atom is -0.507 e. The highest BCUT2D eigenvalue weighted by Gasteiger charge is 2.67. The van der Waals surface area contributed by atoms with E-state index in [4.69, 9.17) is 5.73 Å². The van der Waals surface area contributed by atoms with Gasteiger partial charge in [-0.05, 0) is 56.6 Å². The molecule has 0 heterocycles. The number of primary amides is 1. The molecule has 244 valence electrons. The molecule has 16 heteroatoms. The molecule has 2 saturated carbocycles. The number of carbonyl (C=O) groups excluding carboxylic acids is 4. The van der Waals surface area contributed by atoms with E-state index in [9.17, 15) is 49.7 Å². The number of fused-ring (bicyclic) bond motifs is 3. The number of benzene rings is 2. The molecule has 16 nitrogen and oxygen atoms in total. The van der Waals surface area contributed by atoms with Crippen LogP contribution in [0.5, 0.6) is 5.75 Å². The molecule has 0 aromatic heterocycles. The first-order chi connectivity index (χ1) is 21.5. The number of urea groups is 1. The zero-order chi connectivity index (χ0) is 34.0. The Balaban J connectivity index is 1.57. The van der Waals surface area contributed by atoms with Crippen molar-refractivity contribution in [2.24, 2.45) is 23.5 Å². The van der Waals surface area contributed by atoms with Crippen LogP contribution in [0.1, 0.15) is 17.5 Å². The summed E-state index contributed by atoms with van der Waals surface area (Å²) in [6.45, 7) is 0. The highest BCUT2D eigenvalue weighted by Crippen LogP contribution is 2.54. The third-order valence-electron chi connectivity index (χ3n) is 9.13. The predicted octanol–water partition coefficient (Wildman–Crippen LogP) is 0.747. The van der Waals surface area contributed by atoms with Crippen LogP contribution in [0.3, 0.4) is 0 Å². The first-order valence-corrected chi connectivity index (χ1v) is 14.3. The molecule has 46 heavy (non-hydrogen) atoms. The quantitative estimate of drug-likeness (QED) is 0.100. The second-order valence-electron chi connectivity index (χ2n) is 12.2. The Morgan fingerprint density at radius 3 is 2.26 bits per heavy atom. The number of phenols is 1. The lowest BCUT2D eigenvalue weighted by molar-refractivity contribution is -0.384. The summed E-state index contributed by atoms with van der Waals surface area (Å²) in [6.07, 6.45) is -1.56. The maximum Gasteiger partial charge on any atom is 0.323 e. The van der Waals surface area contributed by atoms with Crippen molar-refractivity contribution < 1.29 is 44.5 Å². The van der Waals surface area contributed by atoms with E-state index in [1.54, 1.807) is 33.1 Å². The monoisotopic (exact) mass is 638 g/mol. The van der Waals surface area contributed by atoms with Crippen molar-refractivity contribution in [3.05, 3.63) is 57.1 Å². The van der Waals surface area contributed by atoms with E-state index in [-0.39, 0.29) is 41.0 Å². The number of aliphatic hydroxyl groups excluding tert-OH is 2. The van der Waals surface area contributed by atoms with E-state index in [1.807, 2.05) is 0 Å². The fraction of sp³-hybridized carbons (Fsp3) is 0.400. The molecule has 0 radical (unpaired) electrons. The molecule has 3 aliphatic carbocycles. The number of nitro groups is 1. The molecule has 2 aromatic rings. The van der Waals surface area contributed by atoms with Gasteiger partial charge < -0.3 is 46.6 Å². The van der Waals surface area contributed by atoms with Crippen LogP contribution in [-0.4, -0.2) is 99.7 Å². The summed E-state index contributed by atoms with van der Waals surface area (Å²) in [5.74, 6) is -8.73. The normalized spacial score (nSPS) is 27.0. The smallest absolute Gasteiger partial charge is 0.323 e. The number of carbonyl (C=O) groups is 4. The Labute approximate surface area is 262 Å². The maximum absolute atomic E-state index is 14.1. The Kier molecular flexibility index (Phi) is 8.00. The third kappa shape index (κ3) is 4.90. The molecule has 0 aliphatic heterocycles. The number of nitrogens with zero attached hydrogens (tertiary/aromatic N) is 3. The maximum atomic E-state index is 14.1. The molecule has 5 rings (SSSR count). The number of rotatable bonds is 6. The van der Waals surface area contributed by atoms with Gasteiger partial charge in [0.1, 0.15) is 11.7 Å². The number of likely N-dealkylation sites (N-methyl/N-ethyl adjacent to an activating group) is 1. The molecule has 2 unspecified atom stereocenters. The zero-order valence-electron chi connectivity index (χ0n) is 25.3. The number of nitro benzene ring substituents is 1. The number of hydrogen-bond donors (Lipinski definition) is 7. The van der Waals surface area contributed by atoms with Gasteiger partial charge in [0, 0.05) is 55.1 Å². The first-order valence-electron chi connectivity index (χ1n) is 14.3. The van der Waals surface area contributed by atoms with Crippen LogP contribution < -0.4 is 21.3 Å². The summed E-state index contributed by atoms with van der Waals surface area (Å²) in [6, 6.07) is 4.63. The molecular formula is C30H34N6O10. The number of anilines is 3. The summed E-state index contributed by atoms with van der Waals surface area (Å²) in [5, 5.41) is 61.6. The van der Waals surface area contributed by atoms with Crippen LogP contribution in [0.15, 0.2) is 35.9 Å². The summed E-state index contributed by atoms with van der Waals surface area (Å²) < 4.78 is 0. The second-order valence-corrected chi connectivity index (χ2v) is 12.2. The Hall–Kier alpha value is -5.06. The fourth-order valence-corrected chi connectivity index (χ4v) is 7.10. The number of hydrogen-bond acceptors (Lipinski definition) is 12. The number of amides is 3. The number of Topliss-reactive ketones (excluding diaryl/α,β-unsaturated/α-hetero) is 2. The SMILES string of the molecule is CN(C)c1cc(NC(=O)Nc2ccc([N+](=O)[O-])cc2)c(O)c2c1C[C@@H]1C[C@@H]3[C@@H](N(C)C)C(O)C(C(N)=O)C(=O)[C@]3(O)C(=O)C1=C2O. The number of nitrogens with one attached hydrogen (secondary N) is 2. The van der Waals surface area contributed by atoms with Crippen LogP contribution in [0.4, 0.5) is 27.5 Å². The molecule has 8 N–H and O–H groups in total. The minimum atomic E-state index is -2.80. The van der Waals surface area contributed by atoms with Gasteiger partial charge in [0.15, 0.2) is 17.1 Å². The zero-order valence-corrected chi connectivity index (χ0v) is 25.3. The van der Waals surface area contributed by atoms with Crippen molar-refractivity contribution in [1.29, 1.82) is 0 Å². The van der Waals surface area contributed by atoms with E-state index in [1.165, 1.54) is 35.2 Å². The summed E-state index contributed by atoms with van der Waals surface area (Å²) in [5.41, 5.74) is 2.85. The number of aliphatic hydroxyl groups is 3. The van der Waals surface area contributed by atoms with Crippen LogP contribution >= 0.6 is 0 Å². The van der Waals surface area contributed by atoms with Crippen molar-refractivity contribution in [3.63, 3.8) is 0 Å². The van der Waals surface area contributed by atoms with Crippen molar-refractivity contribution in [2.75, 3.05) is 43.7 Å². The van der Waals surface area contributed by atoms with Crippen molar-refractivity contribution in [2.45, 2.75) is 30.6 Å². The van der Waals surface area contributed by atoms with E-state index >= 15 is 0 Å². The van der Waals surface area contributed by atoms with E-state index in [0.29, 0.717) is 11.3 Å². The van der Waals surface area contributed by atoms with Crippen LogP contribution in [-0.2, 0) is 20.8 Å². The Morgan fingerprint density at radius 1 is 1.09 bits per heavy atom. The lowest BCUT2D eigenvalue weighted by Gasteiger charge is -2.53. The largest absolute Gasteiger partial charge is 0.507 e. The average Bonchev–Trinajstić information content (AvgIpc) is 2.96. The Bertz CT molecular complexity index is 1700. The third-order valence-corrected chi connectivity index (χ3v) is 9.13. The summed E-state index contributed by atoms with van der Waals surface area (Å²) in [7, 11) is 6.52. The van der Waals surface area contributed by atoms with Gasteiger partial charge in [0.05, 0.1) is 22.3 Å². The van der Waals surface area contributed by atoms with Crippen molar-refractivity contribution in [3.8, 4) is 5.75 Å². The second kappa shape index (κ2) is 11.4. The average molecular weight is 639 g/mol. The van der Waals surface area contributed by atoms with Crippen molar-refractivity contribution >= 4 is 52.0 Å². The molecule has 2 fully saturated rings. The molecule has 0 bridgehead atoms. The summed E-state index contributed by atoms with van der Waals surface area (Å²) >= 11 is 0. The molecule has 0 spiro atoms. The highest BCUT2D eigenvalue weighted by molar-refractivity contribution is 6.25. The van der Waals surface area contributed by atoms with Gasteiger partial charge in [-0.25, -0.2) is 4.79 Å².